The molecule has 0 atom stereocenters. The van der Waals surface area contributed by atoms with Crippen molar-refractivity contribution in [1.29, 1.82) is 0 Å². The molecule has 1 heterocycles. The molecule has 1 aromatic carbocycles. The van der Waals surface area contributed by atoms with E-state index in [1.165, 1.54) is 0 Å². The largest absolute Gasteiger partial charge is 0.463 e. The number of carbonyl (C=O) groups excluding carboxylic acids is 1. The van der Waals surface area contributed by atoms with E-state index in [1.54, 1.807) is 6.20 Å². The summed E-state index contributed by atoms with van der Waals surface area (Å²) in [5.41, 5.74) is 1.86. The highest BCUT2D eigenvalue weighted by molar-refractivity contribution is 9.10. The van der Waals surface area contributed by atoms with Crippen molar-refractivity contribution in [3.63, 3.8) is 0 Å². The lowest BCUT2D eigenvalue weighted by atomic mass is 10.1. The van der Waals surface area contributed by atoms with Crippen LogP contribution in [-0.4, -0.2) is 11.5 Å². The summed E-state index contributed by atoms with van der Waals surface area (Å²) in [4.78, 5) is 14.3. The molecule has 0 unspecified atom stereocenters. The molecule has 2 aromatic rings. The molecular weight excluding hydrogens is 258 g/mol. The molecule has 0 aliphatic carbocycles. The number of nitrogens with zero attached hydrogens (tertiary/aromatic N) is 1. The first-order chi connectivity index (χ1) is 7.31. The monoisotopic (exact) mass is 265 g/mol. The lowest BCUT2D eigenvalue weighted by Crippen LogP contribution is -1.90. The van der Waals surface area contributed by atoms with Gasteiger partial charge in [-0.15, -0.1) is 0 Å². The zero-order valence-corrected chi connectivity index (χ0v) is 9.40. The van der Waals surface area contributed by atoms with E-state index in [4.69, 9.17) is 4.74 Å². The highest BCUT2D eigenvalue weighted by Gasteiger charge is 2.01. The van der Waals surface area contributed by atoms with Gasteiger partial charge in [-0.2, -0.15) is 0 Å². The zero-order chi connectivity index (χ0) is 10.7. The lowest BCUT2D eigenvalue weighted by molar-refractivity contribution is -0.129. The number of aromatic nitrogens is 1. The van der Waals surface area contributed by atoms with Crippen molar-refractivity contribution in [3.8, 4) is 0 Å². The number of hydrogen-bond acceptors (Lipinski definition) is 3. The first kappa shape index (κ1) is 10.1. The molecule has 0 aliphatic heterocycles. The third-order valence-corrected chi connectivity index (χ3v) is 2.76. The highest BCUT2D eigenvalue weighted by atomic mass is 79.9. The van der Waals surface area contributed by atoms with Gasteiger partial charge in [0.1, 0.15) is 6.61 Å². The van der Waals surface area contributed by atoms with Crippen LogP contribution in [-0.2, 0) is 16.1 Å². The Bertz CT molecular complexity index is 499. The van der Waals surface area contributed by atoms with Gasteiger partial charge in [0.15, 0.2) is 0 Å². The molecule has 0 saturated carbocycles. The molecule has 15 heavy (non-hydrogen) atoms. The van der Waals surface area contributed by atoms with Crippen molar-refractivity contribution in [2.24, 2.45) is 0 Å². The summed E-state index contributed by atoms with van der Waals surface area (Å²) in [6.45, 7) is 0.739. The van der Waals surface area contributed by atoms with Gasteiger partial charge in [0, 0.05) is 16.1 Å². The maximum absolute atomic E-state index is 10.1. The quantitative estimate of drug-likeness (QED) is 0.802. The van der Waals surface area contributed by atoms with Crippen LogP contribution in [0.25, 0.3) is 10.9 Å². The number of fused-ring (bicyclic) bond motifs is 1. The Morgan fingerprint density at radius 2 is 2.27 bits per heavy atom. The predicted octanol–water partition coefficient (Wildman–Crippen LogP) is 2.67. The second-order valence-corrected chi connectivity index (χ2v) is 3.91. The Hall–Kier alpha value is -1.42. The Kier molecular flexibility index (Phi) is 2.97. The van der Waals surface area contributed by atoms with Crippen molar-refractivity contribution >= 4 is 33.3 Å². The predicted molar refractivity (Wildman–Crippen MR) is 60.3 cm³/mol. The van der Waals surface area contributed by atoms with Gasteiger partial charge in [-0.05, 0) is 23.8 Å². The number of rotatable bonds is 3. The van der Waals surface area contributed by atoms with Crippen LogP contribution in [0.15, 0.2) is 34.9 Å². The van der Waals surface area contributed by atoms with Crippen LogP contribution in [0.2, 0.25) is 0 Å². The molecule has 0 bridgehead atoms. The molecule has 0 spiro atoms. The first-order valence-corrected chi connectivity index (χ1v) is 5.19. The topological polar surface area (TPSA) is 39.2 Å². The van der Waals surface area contributed by atoms with E-state index in [1.807, 2.05) is 24.3 Å². The maximum atomic E-state index is 10.1. The minimum atomic E-state index is 0.292. The van der Waals surface area contributed by atoms with Crippen LogP contribution in [0, 0.1) is 0 Å². The Morgan fingerprint density at radius 3 is 3.07 bits per heavy atom. The molecule has 76 valence electrons. The van der Waals surface area contributed by atoms with E-state index in [2.05, 4.69) is 20.9 Å². The van der Waals surface area contributed by atoms with Gasteiger partial charge < -0.3 is 4.74 Å². The van der Waals surface area contributed by atoms with Gasteiger partial charge in [-0.1, -0.05) is 22.0 Å². The lowest BCUT2D eigenvalue weighted by Gasteiger charge is -2.03. The van der Waals surface area contributed by atoms with Gasteiger partial charge in [-0.3, -0.25) is 9.78 Å². The van der Waals surface area contributed by atoms with Crippen LogP contribution in [0.1, 0.15) is 5.56 Å². The first-order valence-electron chi connectivity index (χ1n) is 4.39. The molecule has 1 aromatic heterocycles. The summed E-state index contributed by atoms with van der Waals surface area (Å²) in [5, 5.41) is 1.02. The van der Waals surface area contributed by atoms with Gasteiger partial charge in [-0.25, -0.2) is 0 Å². The fourth-order valence-electron chi connectivity index (χ4n) is 1.38. The summed E-state index contributed by atoms with van der Waals surface area (Å²) < 4.78 is 5.68. The average Bonchev–Trinajstić information content (AvgIpc) is 2.27. The molecule has 4 heteroatoms. The van der Waals surface area contributed by atoms with Crippen molar-refractivity contribution in [1.82, 2.24) is 4.98 Å². The molecule has 0 aliphatic rings. The highest BCUT2D eigenvalue weighted by Crippen LogP contribution is 2.23. The molecule has 3 nitrogen and oxygen atoms in total. The molecule has 0 radical (unpaired) electrons. The van der Waals surface area contributed by atoms with Crippen molar-refractivity contribution in [3.05, 3.63) is 40.5 Å². The third kappa shape index (κ3) is 2.15. The standard InChI is InChI=1S/C11H8BrNO2/c12-10-3-4-13-11-2-1-8(5-9(10)11)6-15-7-14/h1-5,7H,6H2. The number of halogens is 1. The number of hydrogen-bond donors (Lipinski definition) is 0. The molecule has 2 rings (SSSR count). The van der Waals surface area contributed by atoms with Gasteiger partial charge in [0.2, 0.25) is 0 Å². The number of pyridine rings is 1. The summed E-state index contributed by atoms with van der Waals surface area (Å²) in [6.07, 6.45) is 1.74. The maximum Gasteiger partial charge on any atom is 0.293 e. The SMILES string of the molecule is O=COCc1ccc2nccc(Br)c2c1. The van der Waals surface area contributed by atoms with E-state index in [-0.39, 0.29) is 0 Å². The van der Waals surface area contributed by atoms with Crippen LogP contribution in [0.3, 0.4) is 0 Å². The van der Waals surface area contributed by atoms with Crippen LogP contribution in [0.4, 0.5) is 0 Å². The van der Waals surface area contributed by atoms with E-state index < -0.39 is 0 Å². The van der Waals surface area contributed by atoms with Crippen molar-refractivity contribution in [2.75, 3.05) is 0 Å². The Morgan fingerprint density at radius 1 is 1.40 bits per heavy atom. The smallest absolute Gasteiger partial charge is 0.293 e. The molecule has 0 fully saturated rings. The molecule has 0 saturated heterocycles. The molecule has 0 amide bonds. The number of carbonyl (C=O) groups is 1. The second-order valence-electron chi connectivity index (χ2n) is 3.05. The van der Waals surface area contributed by atoms with E-state index in [9.17, 15) is 4.79 Å². The van der Waals surface area contributed by atoms with E-state index >= 15 is 0 Å². The Labute approximate surface area is 95.2 Å². The fraction of sp³-hybridized carbons (Fsp3) is 0.0909. The third-order valence-electron chi connectivity index (χ3n) is 2.07. The van der Waals surface area contributed by atoms with Crippen molar-refractivity contribution < 1.29 is 9.53 Å². The van der Waals surface area contributed by atoms with Gasteiger partial charge in [0.05, 0.1) is 5.52 Å². The van der Waals surface area contributed by atoms with E-state index in [0.717, 1.165) is 20.9 Å². The fourth-order valence-corrected chi connectivity index (χ4v) is 1.82. The zero-order valence-electron chi connectivity index (χ0n) is 7.81. The minimum absolute atomic E-state index is 0.292. The minimum Gasteiger partial charge on any atom is -0.463 e. The summed E-state index contributed by atoms with van der Waals surface area (Å²) in [5.74, 6) is 0. The molecule has 0 N–H and O–H groups in total. The van der Waals surface area contributed by atoms with E-state index in [0.29, 0.717) is 13.1 Å². The second kappa shape index (κ2) is 4.40. The number of ether oxygens (including phenoxy) is 1. The van der Waals surface area contributed by atoms with Crippen LogP contribution >= 0.6 is 15.9 Å². The normalized spacial score (nSPS) is 10.2. The summed E-state index contributed by atoms with van der Waals surface area (Å²) in [7, 11) is 0. The Balaban J connectivity index is 2.45. The van der Waals surface area contributed by atoms with Crippen molar-refractivity contribution in [2.45, 2.75) is 6.61 Å². The van der Waals surface area contributed by atoms with Gasteiger partial charge >= 0.3 is 0 Å². The average molecular weight is 266 g/mol. The van der Waals surface area contributed by atoms with Crippen LogP contribution in [0.5, 0.6) is 0 Å². The van der Waals surface area contributed by atoms with Crippen LogP contribution < -0.4 is 0 Å². The number of benzene rings is 1. The van der Waals surface area contributed by atoms with Gasteiger partial charge in [0.25, 0.3) is 6.47 Å². The molecular formula is C11H8BrNO2. The summed E-state index contributed by atoms with van der Waals surface area (Å²) in [6, 6.07) is 7.64. The summed E-state index contributed by atoms with van der Waals surface area (Å²) >= 11 is 3.45.